The van der Waals surface area contributed by atoms with Crippen LogP contribution in [0, 0.1) is 5.92 Å². The Morgan fingerprint density at radius 2 is 1.29 bits per heavy atom. The molecule has 2 aliphatic rings. The summed E-state index contributed by atoms with van der Waals surface area (Å²) in [5.41, 5.74) is 7.38. The maximum Gasteiger partial charge on any atom is 0.00986 e. The SMILES string of the molecule is C1=C2/C(=C/c3ccccc3)CCC[C@H]2[C@@H](c2ccccc2)[C@H]1c1ccccc1. The van der Waals surface area contributed by atoms with E-state index in [0.717, 1.165) is 0 Å². The van der Waals surface area contributed by atoms with Crippen LogP contribution >= 0.6 is 0 Å². The van der Waals surface area contributed by atoms with Gasteiger partial charge in [-0.15, -0.1) is 0 Å². The number of allylic oxidation sites excluding steroid dienone is 3. The second-order valence-corrected chi connectivity index (χ2v) is 8.07. The van der Waals surface area contributed by atoms with Crippen LogP contribution in [0.4, 0.5) is 0 Å². The molecule has 5 rings (SSSR count). The molecule has 0 spiro atoms. The topological polar surface area (TPSA) is 0 Å². The zero-order valence-electron chi connectivity index (χ0n) is 16.2. The Hall–Kier alpha value is -2.86. The van der Waals surface area contributed by atoms with Crippen molar-refractivity contribution in [2.45, 2.75) is 31.1 Å². The van der Waals surface area contributed by atoms with Crippen LogP contribution in [0.15, 0.2) is 108 Å². The lowest BCUT2D eigenvalue weighted by atomic mass is 9.72. The minimum atomic E-state index is 0.459. The lowest BCUT2D eigenvalue weighted by molar-refractivity contribution is 0.427. The number of hydrogen-bond acceptors (Lipinski definition) is 0. The van der Waals surface area contributed by atoms with Gasteiger partial charge in [-0.05, 0) is 53.0 Å². The molecule has 0 aliphatic heterocycles. The average molecular weight is 363 g/mol. The van der Waals surface area contributed by atoms with Crippen molar-refractivity contribution < 1.29 is 0 Å². The third-order valence-corrected chi connectivity index (χ3v) is 6.42. The Kier molecular flexibility index (Phi) is 4.71. The molecule has 3 aromatic carbocycles. The number of rotatable bonds is 3. The van der Waals surface area contributed by atoms with Gasteiger partial charge in [-0.2, -0.15) is 0 Å². The Balaban J connectivity index is 1.59. The molecule has 0 heterocycles. The van der Waals surface area contributed by atoms with Crippen molar-refractivity contribution in [3.63, 3.8) is 0 Å². The number of fused-ring (bicyclic) bond motifs is 1. The summed E-state index contributed by atoms with van der Waals surface area (Å²) in [7, 11) is 0. The van der Waals surface area contributed by atoms with Crippen molar-refractivity contribution in [2.75, 3.05) is 0 Å². The first-order valence-corrected chi connectivity index (χ1v) is 10.5. The van der Waals surface area contributed by atoms with Crippen molar-refractivity contribution in [2.24, 2.45) is 5.92 Å². The van der Waals surface area contributed by atoms with Crippen LogP contribution < -0.4 is 0 Å². The third kappa shape index (κ3) is 3.24. The molecule has 0 saturated heterocycles. The van der Waals surface area contributed by atoms with E-state index in [2.05, 4.69) is 103 Å². The molecule has 0 heteroatoms. The number of benzene rings is 3. The van der Waals surface area contributed by atoms with E-state index >= 15 is 0 Å². The Morgan fingerprint density at radius 1 is 0.679 bits per heavy atom. The predicted octanol–water partition coefficient (Wildman–Crippen LogP) is 7.38. The van der Waals surface area contributed by atoms with E-state index in [9.17, 15) is 0 Å². The highest BCUT2D eigenvalue weighted by molar-refractivity contribution is 5.62. The van der Waals surface area contributed by atoms with Gasteiger partial charge in [0.25, 0.3) is 0 Å². The maximum atomic E-state index is 2.59. The Morgan fingerprint density at radius 3 is 1.96 bits per heavy atom. The molecular weight excluding hydrogens is 336 g/mol. The number of hydrogen-bond donors (Lipinski definition) is 0. The quantitative estimate of drug-likeness (QED) is 0.456. The third-order valence-electron chi connectivity index (χ3n) is 6.42. The van der Waals surface area contributed by atoms with E-state index in [4.69, 9.17) is 0 Å². The van der Waals surface area contributed by atoms with Gasteiger partial charge in [0.05, 0.1) is 0 Å². The summed E-state index contributed by atoms with van der Waals surface area (Å²) in [6, 6.07) is 33.1. The zero-order valence-corrected chi connectivity index (χ0v) is 16.2. The van der Waals surface area contributed by atoms with Crippen LogP contribution in [0.25, 0.3) is 6.08 Å². The van der Waals surface area contributed by atoms with Gasteiger partial charge in [0.2, 0.25) is 0 Å². The minimum Gasteiger partial charge on any atom is -0.0726 e. The molecule has 0 bridgehead atoms. The van der Waals surface area contributed by atoms with Gasteiger partial charge in [0, 0.05) is 11.8 Å². The van der Waals surface area contributed by atoms with Crippen molar-refractivity contribution in [3.05, 3.63) is 125 Å². The maximum absolute atomic E-state index is 2.59. The van der Waals surface area contributed by atoms with E-state index in [0.29, 0.717) is 17.8 Å². The molecule has 1 saturated carbocycles. The van der Waals surface area contributed by atoms with Gasteiger partial charge in [-0.3, -0.25) is 0 Å². The summed E-state index contributed by atoms with van der Waals surface area (Å²) in [5, 5.41) is 0. The first kappa shape index (κ1) is 17.3. The first-order valence-electron chi connectivity index (χ1n) is 10.5. The smallest absolute Gasteiger partial charge is 0.00986 e. The summed E-state index contributed by atoms with van der Waals surface area (Å²) in [5.74, 6) is 1.62. The minimum absolute atomic E-state index is 0.459. The lowest BCUT2D eigenvalue weighted by Crippen LogP contribution is -2.18. The van der Waals surface area contributed by atoms with Crippen molar-refractivity contribution >= 4 is 6.08 Å². The fraction of sp³-hybridized carbons (Fsp3) is 0.214. The summed E-state index contributed by atoms with van der Waals surface area (Å²) in [4.78, 5) is 0. The van der Waals surface area contributed by atoms with Gasteiger partial charge in [0.1, 0.15) is 0 Å². The summed E-state index contributed by atoms with van der Waals surface area (Å²) in [6.45, 7) is 0. The fourth-order valence-electron chi connectivity index (χ4n) is 5.20. The molecule has 0 radical (unpaired) electrons. The molecule has 0 amide bonds. The van der Waals surface area contributed by atoms with Crippen LogP contribution in [0.3, 0.4) is 0 Å². The van der Waals surface area contributed by atoms with E-state index in [1.165, 1.54) is 36.0 Å². The highest BCUT2D eigenvalue weighted by Crippen LogP contribution is 2.55. The van der Waals surface area contributed by atoms with Gasteiger partial charge < -0.3 is 0 Å². The second-order valence-electron chi connectivity index (χ2n) is 8.07. The molecule has 3 aromatic rings. The molecule has 0 unspecified atom stereocenters. The predicted molar refractivity (Wildman–Crippen MR) is 118 cm³/mol. The fourth-order valence-corrected chi connectivity index (χ4v) is 5.20. The van der Waals surface area contributed by atoms with Crippen molar-refractivity contribution in [1.82, 2.24) is 0 Å². The van der Waals surface area contributed by atoms with E-state index in [1.807, 2.05) is 0 Å². The monoisotopic (exact) mass is 362 g/mol. The van der Waals surface area contributed by atoms with Crippen molar-refractivity contribution in [3.8, 4) is 0 Å². The molecule has 0 nitrogen and oxygen atoms in total. The van der Waals surface area contributed by atoms with Gasteiger partial charge in [-0.25, -0.2) is 0 Å². The summed E-state index contributed by atoms with van der Waals surface area (Å²) >= 11 is 0. The largest absolute Gasteiger partial charge is 0.0726 e. The van der Waals surface area contributed by atoms with Crippen LogP contribution in [0.5, 0.6) is 0 Å². The average Bonchev–Trinajstić information content (AvgIpc) is 3.16. The highest BCUT2D eigenvalue weighted by Gasteiger charge is 2.41. The van der Waals surface area contributed by atoms with Crippen LogP contribution in [-0.4, -0.2) is 0 Å². The van der Waals surface area contributed by atoms with E-state index < -0.39 is 0 Å². The van der Waals surface area contributed by atoms with Gasteiger partial charge in [0.15, 0.2) is 0 Å². The molecule has 0 aromatic heterocycles. The molecule has 2 aliphatic carbocycles. The molecule has 28 heavy (non-hydrogen) atoms. The van der Waals surface area contributed by atoms with Gasteiger partial charge >= 0.3 is 0 Å². The summed E-state index contributed by atoms with van der Waals surface area (Å²) in [6.07, 6.45) is 8.78. The van der Waals surface area contributed by atoms with Crippen molar-refractivity contribution in [1.29, 1.82) is 0 Å². The Bertz CT molecular complexity index is 980. The standard InChI is InChI=1S/C28H26/c1-4-11-21(12-5-1)19-24-17-10-18-25-26(24)20-27(22-13-6-2-7-14-22)28(25)23-15-8-3-9-16-23/h1-9,11-16,19-20,25,27-28H,10,17-18H2/b24-19+/t25-,27-,28-/m1/s1. The highest BCUT2D eigenvalue weighted by atomic mass is 14.4. The second kappa shape index (κ2) is 7.64. The molecule has 138 valence electrons. The van der Waals surface area contributed by atoms with Gasteiger partial charge in [-0.1, -0.05) is 103 Å². The van der Waals surface area contributed by atoms with Crippen LogP contribution in [0.2, 0.25) is 0 Å². The zero-order chi connectivity index (χ0) is 18.8. The summed E-state index contributed by atoms with van der Waals surface area (Å²) < 4.78 is 0. The molecule has 1 fully saturated rings. The van der Waals surface area contributed by atoms with E-state index in [1.54, 1.807) is 11.1 Å². The van der Waals surface area contributed by atoms with Crippen LogP contribution in [0.1, 0.15) is 47.8 Å². The lowest BCUT2D eigenvalue weighted by Gasteiger charge is -2.31. The Labute approximate surface area is 168 Å². The van der Waals surface area contributed by atoms with E-state index in [-0.39, 0.29) is 0 Å². The van der Waals surface area contributed by atoms with Crippen LogP contribution in [-0.2, 0) is 0 Å². The molecule has 0 N–H and O–H groups in total. The molecular formula is C28H26. The first-order chi connectivity index (χ1) is 13.9. The normalized spacial score (nSPS) is 25.4. The molecule has 3 atom stereocenters.